The molecule has 0 saturated carbocycles. The summed E-state index contributed by atoms with van der Waals surface area (Å²) in [6.07, 6.45) is 0. The predicted molar refractivity (Wildman–Crippen MR) is 94.3 cm³/mol. The van der Waals surface area contributed by atoms with E-state index >= 15 is 0 Å². The largest absolute Gasteiger partial charge is 0.497 e. The molecular formula is C16H17ClN2O5S. The van der Waals surface area contributed by atoms with Crippen molar-refractivity contribution in [3.63, 3.8) is 0 Å². The summed E-state index contributed by atoms with van der Waals surface area (Å²) >= 11 is 5.73. The Morgan fingerprint density at radius 2 is 1.76 bits per heavy atom. The number of aliphatic hydroxyl groups excluding tert-OH is 1. The Morgan fingerprint density at radius 3 is 2.28 bits per heavy atom. The summed E-state index contributed by atoms with van der Waals surface area (Å²) in [7, 11) is -2.47. The Balaban J connectivity index is 2.09. The van der Waals surface area contributed by atoms with Crippen LogP contribution in [0, 0.1) is 0 Å². The van der Waals surface area contributed by atoms with Gasteiger partial charge in [-0.05, 0) is 48.5 Å². The van der Waals surface area contributed by atoms with Gasteiger partial charge in [-0.1, -0.05) is 11.6 Å². The average molecular weight is 385 g/mol. The number of hydrogen-bond donors (Lipinski definition) is 3. The summed E-state index contributed by atoms with van der Waals surface area (Å²) < 4.78 is 31.8. The minimum atomic E-state index is -3.99. The molecule has 0 bridgehead atoms. The molecule has 0 spiro atoms. The SMILES string of the molecule is COc1ccc(NC(=O)[C@H](CO)NS(=O)(=O)c2ccc(Cl)cc2)cc1. The Kier molecular flexibility index (Phi) is 6.38. The van der Waals surface area contributed by atoms with Crippen LogP contribution in [-0.2, 0) is 14.8 Å². The first-order valence-electron chi connectivity index (χ1n) is 7.19. The van der Waals surface area contributed by atoms with E-state index in [-0.39, 0.29) is 4.90 Å². The van der Waals surface area contributed by atoms with Gasteiger partial charge in [-0.25, -0.2) is 8.42 Å². The van der Waals surface area contributed by atoms with Gasteiger partial charge < -0.3 is 15.2 Å². The zero-order chi connectivity index (χ0) is 18.4. The minimum absolute atomic E-state index is 0.0624. The number of benzene rings is 2. The molecule has 0 aliphatic rings. The summed E-state index contributed by atoms with van der Waals surface area (Å²) in [6.45, 7) is -0.700. The molecule has 1 atom stereocenters. The molecule has 0 unspecified atom stereocenters. The molecule has 0 radical (unpaired) electrons. The third-order valence-corrected chi connectivity index (χ3v) is 5.02. The zero-order valence-corrected chi connectivity index (χ0v) is 14.8. The lowest BCUT2D eigenvalue weighted by Gasteiger charge is -2.16. The van der Waals surface area contributed by atoms with Crippen molar-refractivity contribution in [2.75, 3.05) is 19.0 Å². The number of carbonyl (C=O) groups is 1. The molecule has 0 heterocycles. The quantitative estimate of drug-likeness (QED) is 0.673. The molecule has 1 amide bonds. The lowest BCUT2D eigenvalue weighted by Crippen LogP contribution is -2.46. The lowest BCUT2D eigenvalue weighted by atomic mass is 10.2. The Labute approximate surface area is 150 Å². The lowest BCUT2D eigenvalue weighted by molar-refractivity contribution is -0.118. The maximum atomic E-state index is 12.3. The smallest absolute Gasteiger partial charge is 0.244 e. The Morgan fingerprint density at radius 1 is 1.16 bits per heavy atom. The van der Waals surface area contributed by atoms with E-state index < -0.39 is 28.6 Å². The van der Waals surface area contributed by atoms with E-state index in [4.69, 9.17) is 16.3 Å². The van der Waals surface area contributed by atoms with Crippen molar-refractivity contribution in [1.82, 2.24) is 4.72 Å². The maximum absolute atomic E-state index is 12.3. The summed E-state index contributed by atoms with van der Waals surface area (Å²) in [5.74, 6) is -0.0784. The number of carbonyl (C=O) groups excluding carboxylic acids is 1. The fourth-order valence-electron chi connectivity index (χ4n) is 1.95. The van der Waals surface area contributed by atoms with Gasteiger partial charge in [0.15, 0.2) is 0 Å². The second-order valence-electron chi connectivity index (χ2n) is 5.03. The van der Waals surface area contributed by atoms with Gasteiger partial charge in [0.1, 0.15) is 11.8 Å². The van der Waals surface area contributed by atoms with Gasteiger partial charge in [-0.2, -0.15) is 4.72 Å². The molecule has 2 aromatic rings. The van der Waals surface area contributed by atoms with Crippen LogP contribution in [0.3, 0.4) is 0 Å². The van der Waals surface area contributed by atoms with Crippen molar-refractivity contribution in [3.05, 3.63) is 53.6 Å². The Hall–Kier alpha value is -2.13. The maximum Gasteiger partial charge on any atom is 0.244 e. The summed E-state index contributed by atoms with van der Waals surface area (Å²) in [6, 6.07) is 10.6. The first kappa shape index (κ1) is 19.2. The van der Waals surface area contributed by atoms with Crippen molar-refractivity contribution in [2.24, 2.45) is 0 Å². The van der Waals surface area contributed by atoms with Crippen LogP contribution in [0.5, 0.6) is 5.75 Å². The van der Waals surface area contributed by atoms with Gasteiger partial charge in [-0.3, -0.25) is 4.79 Å². The van der Waals surface area contributed by atoms with Crippen molar-refractivity contribution in [1.29, 1.82) is 0 Å². The number of halogens is 1. The number of anilines is 1. The molecule has 2 rings (SSSR count). The number of hydrogen-bond acceptors (Lipinski definition) is 5. The molecule has 0 aliphatic carbocycles. The minimum Gasteiger partial charge on any atom is -0.497 e. The molecule has 2 aromatic carbocycles. The van der Waals surface area contributed by atoms with Gasteiger partial charge in [-0.15, -0.1) is 0 Å². The van der Waals surface area contributed by atoms with E-state index in [1.54, 1.807) is 24.3 Å². The highest BCUT2D eigenvalue weighted by Gasteiger charge is 2.25. The normalized spacial score (nSPS) is 12.4. The van der Waals surface area contributed by atoms with Gasteiger partial charge >= 0.3 is 0 Å². The molecule has 0 aliphatic heterocycles. The molecule has 0 aromatic heterocycles. The van der Waals surface area contributed by atoms with Gasteiger partial charge in [0.25, 0.3) is 0 Å². The molecule has 3 N–H and O–H groups in total. The van der Waals surface area contributed by atoms with Crippen molar-refractivity contribution in [3.8, 4) is 5.75 Å². The van der Waals surface area contributed by atoms with E-state index in [2.05, 4.69) is 10.0 Å². The number of nitrogens with one attached hydrogen (secondary N) is 2. The summed E-state index contributed by atoms with van der Waals surface area (Å²) in [5.41, 5.74) is 0.440. The summed E-state index contributed by atoms with van der Waals surface area (Å²) in [5, 5.41) is 12.3. The van der Waals surface area contributed by atoms with Gasteiger partial charge in [0.05, 0.1) is 18.6 Å². The van der Waals surface area contributed by atoms with Gasteiger partial charge in [0.2, 0.25) is 15.9 Å². The third kappa shape index (κ3) is 5.17. The van der Waals surface area contributed by atoms with Crippen LogP contribution < -0.4 is 14.8 Å². The topological polar surface area (TPSA) is 105 Å². The van der Waals surface area contributed by atoms with Crippen LogP contribution >= 0.6 is 11.6 Å². The average Bonchev–Trinajstić information content (AvgIpc) is 2.60. The van der Waals surface area contributed by atoms with Crippen LogP contribution in [0.2, 0.25) is 5.02 Å². The standard InChI is InChI=1S/C16H17ClN2O5S/c1-24-13-6-4-12(5-7-13)18-16(21)15(10-20)19-25(22,23)14-8-2-11(17)3-9-14/h2-9,15,19-20H,10H2,1H3,(H,18,21)/t15-/m0/s1. The van der Waals surface area contributed by atoms with Crippen molar-refractivity contribution < 1.29 is 23.1 Å². The fourth-order valence-corrected chi connectivity index (χ4v) is 3.26. The number of methoxy groups -OCH3 is 1. The second-order valence-corrected chi connectivity index (χ2v) is 7.18. The highest BCUT2D eigenvalue weighted by Crippen LogP contribution is 2.16. The Bertz CT molecular complexity index is 823. The van der Waals surface area contributed by atoms with Crippen molar-refractivity contribution >= 4 is 33.2 Å². The zero-order valence-electron chi connectivity index (χ0n) is 13.3. The fraction of sp³-hybridized carbons (Fsp3) is 0.188. The van der Waals surface area contributed by atoms with Crippen LogP contribution in [-0.4, -0.2) is 39.2 Å². The number of ether oxygens (including phenoxy) is 1. The number of amides is 1. The van der Waals surface area contributed by atoms with E-state index in [1.807, 2.05) is 0 Å². The van der Waals surface area contributed by atoms with Crippen LogP contribution in [0.4, 0.5) is 5.69 Å². The number of sulfonamides is 1. The van der Waals surface area contributed by atoms with E-state index in [9.17, 15) is 18.3 Å². The van der Waals surface area contributed by atoms with E-state index in [0.717, 1.165) is 0 Å². The third-order valence-electron chi connectivity index (χ3n) is 3.28. The molecular weight excluding hydrogens is 368 g/mol. The van der Waals surface area contributed by atoms with Crippen LogP contribution in [0.15, 0.2) is 53.4 Å². The second kappa shape index (κ2) is 8.30. The van der Waals surface area contributed by atoms with E-state index in [0.29, 0.717) is 16.5 Å². The molecule has 134 valence electrons. The summed E-state index contributed by atoms with van der Waals surface area (Å²) in [4.78, 5) is 12.1. The van der Waals surface area contributed by atoms with Crippen molar-refractivity contribution in [2.45, 2.75) is 10.9 Å². The molecule has 9 heteroatoms. The highest BCUT2D eigenvalue weighted by molar-refractivity contribution is 7.89. The number of aliphatic hydroxyl groups is 1. The number of rotatable bonds is 7. The molecule has 0 saturated heterocycles. The molecule has 7 nitrogen and oxygen atoms in total. The first-order chi connectivity index (χ1) is 11.9. The highest BCUT2D eigenvalue weighted by atomic mass is 35.5. The van der Waals surface area contributed by atoms with Crippen LogP contribution in [0.25, 0.3) is 0 Å². The van der Waals surface area contributed by atoms with E-state index in [1.165, 1.54) is 31.4 Å². The molecule has 0 fully saturated rings. The molecule has 25 heavy (non-hydrogen) atoms. The van der Waals surface area contributed by atoms with Crippen LogP contribution in [0.1, 0.15) is 0 Å². The first-order valence-corrected chi connectivity index (χ1v) is 9.05. The van der Waals surface area contributed by atoms with Gasteiger partial charge in [0, 0.05) is 10.7 Å². The monoisotopic (exact) mass is 384 g/mol. The predicted octanol–water partition coefficient (Wildman–Crippen LogP) is 1.63.